The second kappa shape index (κ2) is 4.74. The number of benzene rings is 1. The summed E-state index contributed by atoms with van der Waals surface area (Å²) in [4.78, 5) is 15.0. The second-order valence-corrected chi connectivity index (χ2v) is 4.02. The molecule has 0 atom stereocenters. The van der Waals surface area contributed by atoms with Gasteiger partial charge in [-0.2, -0.15) is 9.97 Å². The molecule has 96 valence electrons. The number of ether oxygens (including phenoxy) is 2. The Hall–Kier alpha value is -2.34. The summed E-state index contributed by atoms with van der Waals surface area (Å²) >= 11 is 5.82. The fourth-order valence-electron chi connectivity index (χ4n) is 1.63. The van der Waals surface area contributed by atoms with Gasteiger partial charge in [0.15, 0.2) is 5.65 Å². The summed E-state index contributed by atoms with van der Waals surface area (Å²) in [5.41, 5.74) is 1.05. The Morgan fingerprint density at radius 1 is 1.21 bits per heavy atom. The van der Waals surface area contributed by atoms with Crippen molar-refractivity contribution in [3.05, 3.63) is 35.9 Å². The van der Waals surface area contributed by atoms with E-state index in [4.69, 9.17) is 21.1 Å². The van der Waals surface area contributed by atoms with Crippen LogP contribution in [0.3, 0.4) is 0 Å². The van der Waals surface area contributed by atoms with E-state index in [0.29, 0.717) is 28.5 Å². The Labute approximate surface area is 113 Å². The Morgan fingerprint density at radius 3 is 2.89 bits per heavy atom. The van der Waals surface area contributed by atoms with Crippen LogP contribution in [-0.2, 0) is 0 Å². The number of nitrogens with one attached hydrogen (secondary N) is 1. The molecule has 0 saturated heterocycles. The van der Waals surface area contributed by atoms with Crippen LogP contribution in [0, 0.1) is 0 Å². The average molecular weight is 277 g/mol. The first kappa shape index (κ1) is 11.7. The number of hydrogen-bond acceptors (Lipinski definition) is 5. The predicted octanol–water partition coefficient (Wildman–Crippen LogP) is 2.81. The standard InChI is InChI=1S/C12H9ClN4O2/c1-18-7-3-2-4-8(5-7)19-11-9-10(15-6-14-9)16-12(13)17-11/h2-6H,1H3,(H,14,15,16,17). The molecule has 0 bridgehead atoms. The molecule has 1 aromatic carbocycles. The van der Waals surface area contributed by atoms with Gasteiger partial charge in [-0.25, -0.2) is 4.98 Å². The molecular weight excluding hydrogens is 268 g/mol. The smallest absolute Gasteiger partial charge is 0.250 e. The van der Waals surface area contributed by atoms with Crippen molar-refractivity contribution >= 4 is 22.8 Å². The zero-order valence-corrected chi connectivity index (χ0v) is 10.7. The Kier molecular flexibility index (Phi) is 2.92. The van der Waals surface area contributed by atoms with Crippen LogP contribution in [0.5, 0.6) is 17.4 Å². The van der Waals surface area contributed by atoms with Crippen molar-refractivity contribution in [2.24, 2.45) is 0 Å². The van der Waals surface area contributed by atoms with Gasteiger partial charge in [-0.3, -0.25) is 0 Å². The number of aromatic nitrogens is 4. The van der Waals surface area contributed by atoms with Crippen molar-refractivity contribution in [2.45, 2.75) is 0 Å². The van der Waals surface area contributed by atoms with E-state index in [9.17, 15) is 0 Å². The van der Waals surface area contributed by atoms with E-state index in [2.05, 4.69) is 19.9 Å². The maximum atomic E-state index is 5.82. The van der Waals surface area contributed by atoms with Gasteiger partial charge in [0, 0.05) is 6.07 Å². The number of halogens is 1. The molecule has 0 spiro atoms. The SMILES string of the molecule is COc1cccc(Oc2nc(Cl)nc3nc[nH]c23)c1. The molecule has 3 aromatic rings. The molecule has 2 heterocycles. The first-order valence-corrected chi connectivity index (χ1v) is 5.82. The summed E-state index contributed by atoms with van der Waals surface area (Å²) in [6.07, 6.45) is 1.51. The summed E-state index contributed by atoms with van der Waals surface area (Å²) in [6.45, 7) is 0. The van der Waals surface area contributed by atoms with Gasteiger partial charge in [0.1, 0.15) is 17.0 Å². The first-order valence-electron chi connectivity index (χ1n) is 5.45. The Bertz CT molecular complexity index is 729. The predicted molar refractivity (Wildman–Crippen MR) is 69.8 cm³/mol. The van der Waals surface area contributed by atoms with Gasteiger partial charge < -0.3 is 14.5 Å². The number of methoxy groups -OCH3 is 1. The van der Waals surface area contributed by atoms with Crippen LogP contribution in [0.2, 0.25) is 5.28 Å². The van der Waals surface area contributed by atoms with E-state index in [1.807, 2.05) is 12.1 Å². The molecule has 0 aliphatic rings. The minimum atomic E-state index is 0.0810. The fourth-order valence-corrected chi connectivity index (χ4v) is 1.79. The van der Waals surface area contributed by atoms with Crippen LogP contribution in [0.15, 0.2) is 30.6 Å². The van der Waals surface area contributed by atoms with Crippen molar-refractivity contribution in [2.75, 3.05) is 7.11 Å². The Balaban J connectivity index is 2.02. The van der Waals surface area contributed by atoms with Crippen LogP contribution >= 0.6 is 11.6 Å². The lowest BCUT2D eigenvalue weighted by molar-refractivity contribution is 0.408. The third kappa shape index (κ3) is 2.30. The first-order chi connectivity index (χ1) is 9.26. The van der Waals surface area contributed by atoms with Gasteiger partial charge in [0.2, 0.25) is 11.2 Å². The molecular formula is C12H9ClN4O2. The van der Waals surface area contributed by atoms with Gasteiger partial charge in [-0.05, 0) is 23.7 Å². The largest absolute Gasteiger partial charge is 0.497 e. The normalized spacial score (nSPS) is 10.6. The third-order valence-electron chi connectivity index (χ3n) is 2.48. The van der Waals surface area contributed by atoms with Crippen LogP contribution in [-0.4, -0.2) is 27.0 Å². The molecule has 0 amide bonds. The topological polar surface area (TPSA) is 72.9 Å². The molecule has 0 unspecified atom stereocenters. The second-order valence-electron chi connectivity index (χ2n) is 3.68. The Morgan fingerprint density at radius 2 is 2.05 bits per heavy atom. The van der Waals surface area contributed by atoms with E-state index in [1.54, 1.807) is 19.2 Å². The molecule has 0 fully saturated rings. The fraction of sp³-hybridized carbons (Fsp3) is 0.0833. The molecule has 0 aliphatic carbocycles. The minimum Gasteiger partial charge on any atom is -0.497 e. The zero-order chi connectivity index (χ0) is 13.2. The molecule has 0 saturated carbocycles. The molecule has 6 nitrogen and oxygen atoms in total. The quantitative estimate of drug-likeness (QED) is 0.745. The molecule has 19 heavy (non-hydrogen) atoms. The number of aromatic amines is 1. The van der Waals surface area contributed by atoms with Crippen LogP contribution < -0.4 is 9.47 Å². The molecule has 3 rings (SSSR count). The highest BCUT2D eigenvalue weighted by Gasteiger charge is 2.11. The van der Waals surface area contributed by atoms with E-state index in [-0.39, 0.29) is 5.28 Å². The van der Waals surface area contributed by atoms with Crippen LogP contribution in [0.25, 0.3) is 11.2 Å². The molecule has 0 aliphatic heterocycles. The number of imidazole rings is 1. The molecule has 7 heteroatoms. The maximum Gasteiger partial charge on any atom is 0.250 e. The summed E-state index contributed by atoms with van der Waals surface area (Å²) < 4.78 is 10.8. The van der Waals surface area contributed by atoms with E-state index in [1.165, 1.54) is 6.33 Å². The van der Waals surface area contributed by atoms with Crippen molar-refractivity contribution < 1.29 is 9.47 Å². The summed E-state index contributed by atoms with van der Waals surface area (Å²) in [6, 6.07) is 7.19. The van der Waals surface area contributed by atoms with Crippen molar-refractivity contribution in [3.63, 3.8) is 0 Å². The number of fused-ring (bicyclic) bond motifs is 1. The number of H-pyrrole nitrogens is 1. The number of nitrogens with zero attached hydrogens (tertiary/aromatic N) is 3. The highest BCUT2D eigenvalue weighted by Crippen LogP contribution is 2.28. The van der Waals surface area contributed by atoms with Crippen molar-refractivity contribution in [1.29, 1.82) is 0 Å². The molecule has 0 radical (unpaired) electrons. The van der Waals surface area contributed by atoms with Crippen molar-refractivity contribution in [1.82, 2.24) is 19.9 Å². The zero-order valence-electron chi connectivity index (χ0n) is 9.92. The highest BCUT2D eigenvalue weighted by molar-refractivity contribution is 6.28. The van der Waals surface area contributed by atoms with E-state index < -0.39 is 0 Å². The summed E-state index contributed by atoms with van der Waals surface area (Å²) in [5.74, 6) is 1.60. The lowest BCUT2D eigenvalue weighted by Crippen LogP contribution is -1.93. The van der Waals surface area contributed by atoms with Crippen LogP contribution in [0.1, 0.15) is 0 Å². The van der Waals surface area contributed by atoms with Gasteiger partial charge >= 0.3 is 0 Å². The minimum absolute atomic E-state index is 0.0810. The van der Waals surface area contributed by atoms with E-state index in [0.717, 1.165) is 0 Å². The lowest BCUT2D eigenvalue weighted by Gasteiger charge is -2.07. The highest BCUT2D eigenvalue weighted by atomic mass is 35.5. The van der Waals surface area contributed by atoms with Gasteiger partial charge in [-0.1, -0.05) is 6.07 Å². The molecule has 1 N–H and O–H groups in total. The van der Waals surface area contributed by atoms with E-state index >= 15 is 0 Å². The number of rotatable bonds is 3. The lowest BCUT2D eigenvalue weighted by atomic mass is 10.3. The van der Waals surface area contributed by atoms with Crippen LogP contribution in [0.4, 0.5) is 0 Å². The summed E-state index contributed by atoms with van der Waals surface area (Å²) in [5, 5.41) is 0.0810. The van der Waals surface area contributed by atoms with Gasteiger partial charge in [-0.15, -0.1) is 0 Å². The van der Waals surface area contributed by atoms with Gasteiger partial charge in [0.25, 0.3) is 0 Å². The van der Waals surface area contributed by atoms with Crippen molar-refractivity contribution in [3.8, 4) is 17.4 Å². The molecule has 2 aromatic heterocycles. The maximum absolute atomic E-state index is 5.82. The third-order valence-corrected chi connectivity index (χ3v) is 2.65. The average Bonchev–Trinajstić information content (AvgIpc) is 2.87. The monoisotopic (exact) mass is 276 g/mol. The van der Waals surface area contributed by atoms with Gasteiger partial charge in [0.05, 0.1) is 13.4 Å². The number of hydrogen-bond donors (Lipinski definition) is 1. The summed E-state index contributed by atoms with van der Waals surface area (Å²) in [7, 11) is 1.59.